The summed E-state index contributed by atoms with van der Waals surface area (Å²) in [6, 6.07) is 11.9. The van der Waals surface area contributed by atoms with Gasteiger partial charge in [0.1, 0.15) is 6.54 Å². The number of hydrogen-bond acceptors (Lipinski definition) is 6. The number of primary amides is 1. The third-order valence-electron chi connectivity index (χ3n) is 3.85. The normalized spacial score (nSPS) is 12.1. The monoisotopic (exact) mass is 419 g/mol. The van der Waals surface area contributed by atoms with Gasteiger partial charge in [0.15, 0.2) is 6.10 Å². The fourth-order valence-corrected chi connectivity index (χ4v) is 3.18. The first-order valence-electron chi connectivity index (χ1n) is 8.55. The highest BCUT2D eigenvalue weighted by Crippen LogP contribution is 2.11. The van der Waals surface area contributed by atoms with Gasteiger partial charge in [-0.05, 0) is 50.2 Å². The smallest absolute Gasteiger partial charge is 0.321 e. The first kappa shape index (κ1) is 22.1. The lowest BCUT2D eigenvalue weighted by molar-refractivity contribution is -0.151. The molecule has 0 aliphatic heterocycles. The molecule has 2 aromatic rings. The summed E-state index contributed by atoms with van der Waals surface area (Å²) in [6.07, 6.45) is -1.16. The molecule has 154 valence electrons. The molecule has 4 N–H and O–H groups in total. The summed E-state index contributed by atoms with van der Waals surface area (Å²) >= 11 is 0. The molecule has 0 fully saturated rings. The molecule has 2 amide bonds. The number of sulfonamides is 1. The van der Waals surface area contributed by atoms with Crippen molar-refractivity contribution in [3.8, 4) is 0 Å². The minimum atomic E-state index is -3.88. The summed E-state index contributed by atoms with van der Waals surface area (Å²) in [5.74, 6) is -2.13. The summed E-state index contributed by atoms with van der Waals surface area (Å²) in [5, 5.41) is 2.51. The number of hydrogen-bond donors (Lipinski definition) is 3. The number of amides is 2. The third kappa shape index (κ3) is 6.40. The SMILES string of the molecule is Cc1ccc(S(=O)(=O)NCC(=O)O[C@H](C)C(=O)Nc2ccc(C(N)=O)cc2)cc1. The highest BCUT2D eigenvalue weighted by Gasteiger charge is 2.20. The molecule has 0 aromatic heterocycles. The molecule has 2 aromatic carbocycles. The van der Waals surface area contributed by atoms with Gasteiger partial charge in [0.2, 0.25) is 15.9 Å². The van der Waals surface area contributed by atoms with Gasteiger partial charge in [-0.15, -0.1) is 0 Å². The van der Waals surface area contributed by atoms with Gasteiger partial charge in [0, 0.05) is 11.3 Å². The number of ether oxygens (including phenoxy) is 1. The number of carbonyl (C=O) groups is 3. The second kappa shape index (κ2) is 9.30. The predicted octanol–water partition coefficient (Wildman–Crippen LogP) is 0.943. The van der Waals surface area contributed by atoms with Crippen LogP contribution in [0.2, 0.25) is 0 Å². The Bertz CT molecular complexity index is 1000. The van der Waals surface area contributed by atoms with Crippen LogP contribution in [0.4, 0.5) is 5.69 Å². The number of esters is 1. The largest absolute Gasteiger partial charge is 0.452 e. The van der Waals surface area contributed by atoms with Gasteiger partial charge in [0.25, 0.3) is 5.91 Å². The maximum atomic E-state index is 12.2. The van der Waals surface area contributed by atoms with Crippen LogP contribution in [0.5, 0.6) is 0 Å². The fourth-order valence-electron chi connectivity index (χ4n) is 2.21. The lowest BCUT2D eigenvalue weighted by Gasteiger charge is -2.14. The number of nitrogens with two attached hydrogens (primary N) is 1. The van der Waals surface area contributed by atoms with E-state index in [1.807, 2.05) is 6.92 Å². The van der Waals surface area contributed by atoms with Crippen molar-refractivity contribution in [3.05, 3.63) is 59.7 Å². The number of aryl methyl sites for hydroxylation is 1. The number of carbonyl (C=O) groups excluding carboxylic acids is 3. The summed E-state index contributed by atoms with van der Waals surface area (Å²) in [4.78, 5) is 35.0. The molecular formula is C19H21N3O6S. The minimum Gasteiger partial charge on any atom is -0.452 e. The average molecular weight is 419 g/mol. The zero-order chi connectivity index (χ0) is 21.6. The van der Waals surface area contributed by atoms with E-state index in [0.29, 0.717) is 5.69 Å². The summed E-state index contributed by atoms with van der Waals surface area (Å²) in [7, 11) is -3.88. The standard InChI is InChI=1S/C19H21N3O6S/c1-12-3-9-16(10-4-12)29(26,27)21-11-17(23)28-13(2)19(25)22-15-7-5-14(6-8-15)18(20)24/h3-10,13,21H,11H2,1-2H3,(H2,20,24)(H,22,25)/t13-/m1/s1. The maximum absolute atomic E-state index is 12.2. The van der Waals surface area contributed by atoms with E-state index in [2.05, 4.69) is 10.0 Å². The Balaban J connectivity index is 1.86. The van der Waals surface area contributed by atoms with E-state index in [0.717, 1.165) is 5.56 Å². The van der Waals surface area contributed by atoms with Crippen molar-refractivity contribution in [2.75, 3.05) is 11.9 Å². The number of anilines is 1. The Labute approximate surface area is 168 Å². The Morgan fingerprint density at radius 2 is 1.62 bits per heavy atom. The summed E-state index contributed by atoms with van der Waals surface area (Å²) < 4.78 is 31.4. The highest BCUT2D eigenvalue weighted by molar-refractivity contribution is 7.89. The van der Waals surface area contributed by atoms with Crippen LogP contribution < -0.4 is 15.8 Å². The van der Waals surface area contributed by atoms with E-state index in [1.165, 1.54) is 43.3 Å². The lowest BCUT2D eigenvalue weighted by atomic mass is 10.2. The van der Waals surface area contributed by atoms with Gasteiger partial charge in [-0.25, -0.2) is 8.42 Å². The van der Waals surface area contributed by atoms with E-state index in [-0.39, 0.29) is 10.5 Å². The molecule has 1 atom stereocenters. The third-order valence-corrected chi connectivity index (χ3v) is 5.27. The van der Waals surface area contributed by atoms with Gasteiger partial charge >= 0.3 is 5.97 Å². The van der Waals surface area contributed by atoms with Crippen molar-refractivity contribution in [3.63, 3.8) is 0 Å². The first-order chi connectivity index (χ1) is 13.6. The topological polar surface area (TPSA) is 145 Å². The average Bonchev–Trinajstić information content (AvgIpc) is 2.67. The van der Waals surface area contributed by atoms with Crippen LogP contribution in [0.1, 0.15) is 22.8 Å². The van der Waals surface area contributed by atoms with E-state index in [4.69, 9.17) is 10.5 Å². The highest BCUT2D eigenvalue weighted by atomic mass is 32.2. The zero-order valence-electron chi connectivity index (χ0n) is 15.8. The van der Waals surface area contributed by atoms with Crippen molar-refractivity contribution in [2.45, 2.75) is 24.8 Å². The van der Waals surface area contributed by atoms with Crippen LogP contribution in [0.15, 0.2) is 53.4 Å². The van der Waals surface area contributed by atoms with E-state index in [9.17, 15) is 22.8 Å². The van der Waals surface area contributed by atoms with Crippen molar-refractivity contribution in [2.24, 2.45) is 5.73 Å². The quantitative estimate of drug-likeness (QED) is 0.543. The van der Waals surface area contributed by atoms with Crippen molar-refractivity contribution in [1.82, 2.24) is 4.72 Å². The Kier molecular flexibility index (Phi) is 7.08. The number of nitrogens with one attached hydrogen (secondary N) is 2. The lowest BCUT2D eigenvalue weighted by Crippen LogP contribution is -2.35. The van der Waals surface area contributed by atoms with Gasteiger partial charge < -0.3 is 15.8 Å². The van der Waals surface area contributed by atoms with E-state index in [1.54, 1.807) is 12.1 Å². The second-order valence-electron chi connectivity index (χ2n) is 6.20. The van der Waals surface area contributed by atoms with Gasteiger partial charge in [-0.1, -0.05) is 17.7 Å². The molecule has 0 heterocycles. The predicted molar refractivity (Wildman–Crippen MR) is 106 cm³/mol. The van der Waals surface area contributed by atoms with Crippen LogP contribution in [0.25, 0.3) is 0 Å². The van der Waals surface area contributed by atoms with Gasteiger partial charge in [-0.3, -0.25) is 14.4 Å². The summed E-state index contributed by atoms with van der Waals surface area (Å²) in [5.41, 5.74) is 6.69. The maximum Gasteiger partial charge on any atom is 0.321 e. The molecule has 9 nitrogen and oxygen atoms in total. The molecule has 0 aliphatic rings. The first-order valence-corrected chi connectivity index (χ1v) is 10.0. The molecular weight excluding hydrogens is 398 g/mol. The van der Waals surface area contributed by atoms with Crippen LogP contribution in [-0.2, 0) is 24.3 Å². The van der Waals surface area contributed by atoms with Crippen LogP contribution in [-0.4, -0.2) is 38.9 Å². The molecule has 0 spiro atoms. The van der Waals surface area contributed by atoms with Crippen LogP contribution in [0, 0.1) is 6.92 Å². The fraction of sp³-hybridized carbons (Fsp3) is 0.211. The van der Waals surface area contributed by atoms with Crippen LogP contribution in [0.3, 0.4) is 0 Å². The molecule has 0 bridgehead atoms. The molecule has 0 saturated heterocycles. The Morgan fingerprint density at radius 1 is 1.03 bits per heavy atom. The van der Waals surface area contributed by atoms with Gasteiger partial charge in [-0.2, -0.15) is 4.72 Å². The Morgan fingerprint density at radius 3 is 2.17 bits per heavy atom. The minimum absolute atomic E-state index is 0.0149. The molecule has 2 rings (SSSR count). The van der Waals surface area contributed by atoms with Crippen molar-refractivity contribution in [1.29, 1.82) is 0 Å². The van der Waals surface area contributed by atoms with Crippen molar-refractivity contribution >= 4 is 33.5 Å². The molecule has 0 unspecified atom stereocenters. The number of rotatable bonds is 8. The second-order valence-corrected chi connectivity index (χ2v) is 7.97. The Hall–Kier alpha value is -3.24. The number of benzene rings is 2. The molecule has 10 heteroatoms. The van der Waals surface area contributed by atoms with E-state index >= 15 is 0 Å². The molecule has 0 saturated carbocycles. The van der Waals surface area contributed by atoms with Crippen molar-refractivity contribution < 1.29 is 27.5 Å². The van der Waals surface area contributed by atoms with Gasteiger partial charge in [0.05, 0.1) is 4.90 Å². The summed E-state index contributed by atoms with van der Waals surface area (Å²) in [6.45, 7) is 2.54. The zero-order valence-corrected chi connectivity index (χ0v) is 16.7. The van der Waals surface area contributed by atoms with E-state index < -0.39 is 40.5 Å². The molecule has 29 heavy (non-hydrogen) atoms. The molecule has 0 aliphatic carbocycles. The van der Waals surface area contributed by atoms with Crippen LogP contribution >= 0.6 is 0 Å². The molecule has 0 radical (unpaired) electrons.